The Kier molecular flexibility index (Phi) is 5.27. The molecule has 2 aliphatic carbocycles. The third kappa shape index (κ3) is 3.18. The topological polar surface area (TPSA) is 45.8 Å². The van der Waals surface area contributed by atoms with E-state index >= 15 is 0 Å². The van der Waals surface area contributed by atoms with Gasteiger partial charge in [-0.2, -0.15) is 0 Å². The van der Waals surface area contributed by atoms with Crippen molar-refractivity contribution in [3.63, 3.8) is 0 Å². The van der Waals surface area contributed by atoms with Crippen molar-refractivity contribution < 1.29 is 0 Å². The Bertz CT molecular complexity index is 897. The van der Waals surface area contributed by atoms with Crippen molar-refractivity contribution in [2.75, 3.05) is 5.75 Å². The van der Waals surface area contributed by atoms with Gasteiger partial charge < -0.3 is 4.98 Å². The molecule has 4 rings (SSSR count). The normalized spacial score (nSPS) is 22.1. The summed E-state index contributed by atoms with van der Waals surface area (Å²) in [7, 11) is 0. The van der Waals surface area contributed by atoms with E-state index in [0.717, 1.165) is 35.4 Å². The van der Waals surface area contributed by atoms with Crippen molar-refractivity contribution in [2.24, 2.45) is 5.92 Å². The largest absolute Gasteiger partial charge is 0.301 e. The number of hydrogen-bond acceptors (Lipinski definition) is 3. The van der Waals surface area contributed by atoms with E-state index in [4.69, 9.17) is 4.98 Å². The Morgan fingerprint density at radius 1 is 1.30 bits per heavy atom. The Morgan fingerprint density at radius 3 is 2.81 bits per heavy atom. The third-order valence-electron chi connectivity index (χ3n) is 6.53. The fraction of sp³-hybridized carbons (Fsp3) is 0.478. The van der Waals surface area contributed by atoms with Gasteiger partial charge >= 0.3 is 0 Å². The quantitative estimate of drug-likeness (QED) is 0.423. The molecular weight excluding hydrogens is 352 g/mol. The molecule has 1 aromatic heterocycles. The molecule has 142 valence electrons. The zero-order chi connectivity index (χ0) is 18.9. The van der Waals surface area contributed by atoms with Crippen molar-refractivity contribution in [2.45, 2.75) is 62.4 Å². The highest BCUT2D eigenvalue weighted by atomic mass is 32.2. The molecule has 1 aromatic carbocycles. The highest BCUT2D eigenvalue weighted by molar-refractivity contribution is 7.99. The highest BCUT2D eigenvalue weighted by Crippen LogP contribution is 2.50. The molecule has 4 heteroatoms. The van der Waals surface area contributed by atoms with Gasteiger partial charge in [-0.25, -0.2) is 4.98 Å². The number of H-pyrrole nitrogens is 1. The monoisotopic (exact) mass is 380 g/mol. The van der Waals surface area contributed by atoms with Crippen LogP contribution in [0.3, 0.4) is 0 Å². The number of nitrogens with zero attached hydrogens (tertiary/aromatic N) is 1. The lowest BCUT2D eigenvalue weighted by Gasteiger charge is -2.45. The van der Waals surface area contributed by atoms with Crippen LogP contribution in [-0.2, 0) is 11.8 Å². The Morgan fingerprint density at radius 2 is 2.07 bits per heavy atom. The Labute approximate surface area is 165 Å². The van der Waals surface area contributed by atoms with Crippen molar-refractivity contribution in [1.82, 2.24) is 9.97 Å². The lowest BCUT2D eigenvalue weighted by atomic mass is 9.58. The van der Waals surface area contributed by atoms with Gasteiger partial charge in [0, 0.05) is 16.7 Å². The van der Waals surface area contributed by atoms with E-state index in [-0.39, 0.29) is 11.0 Å². The summed E-state index contributed by atoms with van der Waals surface area (Å²) in [5.41, 5.74) is 4.31. The van der Waals surface area contributed by atoms with Crippen molar-refractivity contribution in [1.29, 1.82) is 0 Å². The van der Waals surface area contributed by atoms with Gasteiger partial charge in [0.25, 0.3) is 5.56 Å². The van der Waals surface area contributed by atoms with Gasteiger partial charge in [0.1, 0.15) is 0 Å². The van der Waals surface area contributed by atoms with E-state index in [2.05, 4.69) is 42.8 Å². The van der Waals surface area contributed by atoms with Crippen LogP contribution in [0.25, 0.3) is 11.3 Å². The number of aromatic amines is 1. The van der Waals surface area contributed by atoms with E-state index in [1.807, 2.05) is 6.08 Å². The molecule has 1 atom stereocenters. The summed E-state index contributed by atoms with van der Waals surface area (Å²) in [6.45, 7) is 6.03. The molecule has 1 saturated carbocycles. The summed E-state index contributed by atoms with van der Waals surface area (Å²) in [5.74, 6) is 1.31. The van der Waals surface area contributed by atoms with Gasteiger partial charge in [0.15, 0.2) is 5.16 Å². The molecule has 0 amide bonds. The van der Waals surface area contributed by atoms with Crippen LogP contribution < -0.4 is 5.56 Å². The molecule has 1 fully saturated rings. The fourth-order valence-corrected chi connectivity index (χ4v) is 5.84. The van der Waals surface area contributed by atoms with Crippen LogP contribution in [0.4, 0.5) is 0 Å². The minimum absolute atomic E-state index is 0.0634. The van der Waals surface area contributed by atoms with Crippen molar-refractivity contribution in [3.05, 3.63) is 58.4 Å². The molecule has 1 N–H and O–H groups in total. The van der Waals surface area contributed by atoms with E-state index in [9.17, 15) is 4.79 Å². The SMILES string of the molecule is C=CCSc1nc2c(c(=O)[nH]1)C(CC)(C1CCCCC1)Cc1ccccc1-2. The average molecular weight is 381 g/mol. The molecule has 2 aromatic rings. The maximum Gasteiger partial charge on any atom is 0.255 e. The van der Waals surface area contributed by atoms with Gasteiger partial charge in [-0.05, 0) is 37.2 Å². The number of nitrogens with one attached hydrogen (secondary N) is 1. The first-order valence-electron chi connectivity index (χ1n) is 10.2. The first kappa shape index (κ1) is 18.5. The first-order valence-corrected chi connectivity index (χ1v) is 11.1. The summed E-state index contributed by atoms with van der Waals surface area (Å²) < 4.78 is 0. The van der Waals surface area contributed by atoms with E-state index in [1.165, 1.54) is 37.7 Å². The molecule has 1 unspecified atom stereocenters. The molecule has 3 nitrogen and oxygen atoms in total. The van der Waals surface area contributed by atoms with Crippen molar-refractivity contribution in [3.8, 4) is 11.3 Å². The number of aromatic nitrogens is 2. The van der Waals surface area contributed by atoms with E-state index in [0.29, 0.717) is 11.1 Å². The van der Waals surface area contributed by atoms with Crippen LogP contribution in [0.2, 0.25) is 0 Å². The average Bonchev–Trinajstić information content (AvgIpc) is 2.72. The predicted molar refractivity (Wildman–Crippen MR) is 113 cm³/mol. The summed E-state index contributed by atoms with van der Waals surface area (Å²) in [6, 6.07) is 8.53. The first-order chi connectivity index (χ1) is 13.2. The summed E-state index contributed by atoms with van der Waals surface area (Å²) >= 11 is 1.54. The minimum Gasteiger partial charge on any atom is -0.301 e. The summed E-state index contributed by atoms with van der Waals surface area (Å²) in [5, 5.41) is 0.698. The van der Waals surface area contributed by atoms with Gasteiger partial charge in [0.2, 0.25) is 0 Å². The van der Waals surface area contributed by atoms with Gasteiger partial charge in [-0.15, -0.1) is 6.58 Å². The smallest absolute Gasteiger partial charge is 0.255 e. The molecule has 0 aliphatic heterocycles. The van der Waals surface area contributed by atoms with Gasteiger partial charge in [0.05, 0.1) is 11.3 Å². The number of rotatable bonds is 5. The second-order valence-corrected chi connectivity index (χ2v) is 8.88. The molecule has 27 heavy (non-hydrogen) atoms. The minimum atomic E-state index is -0.0909. The maximum absolute atomic E-state index is 13.3. The third-order valence-corrected chi connectivity index (χ3v) is 7.40. The van der Waals surface area contributed by atoms with E-state index in [1.54, 1.807) is 11.8 Å². The molecule has 0 saturated heterocycles. The molecule has 0 radical (unpaired) electrons. The summed E-state index contributed by atoms with van der Waals surface area (Å²) in [6.07, 6.45) is 10.1. The molecule has 0 bridgehead atoms. The van der Waals surface area contributed by atoms with Crippen molar-refractivity contribution >= 4 is 11.8 Å². The second-order valence-electron chi connectivity index (χ2n) is 7.87. The number of hydrogen-bond donors (Lipinski definition) is 1. The number of fused-ring (bicyclic) bond motifs is 3. The highest BCUT2D eigenvalue weighted by Gasteiger charge is 2.46. The predicted octanol–water partition coefficient (Wildman–Crippen LogP) is 5.50. The zero-order valence-corrected chi connectivity index (χ0v) is 16.9. The number of thioether (sulfide) groups is 1. The van der Waals surface area contributed by atoms with Crippen LogP contribution in [0.15, 0.2) is 46.9 Å². The Balaban J connectivity index is 1.93. The molecule has 0 spiro atoms. The molecular formula is C23H28N2OS. The van der Waals surface area contributed by atoms with Gasteiger partial charge in [-0.3, -0.25) is 4.79 Å². The van der Waals surface area contributed by atoms with Crippen LogP contribution in [0, 0.1) is 5.92 Å². The van der Waals surface area contributed by atoms with Crippen LogP contribution in [0.1, 0.15) is 56.6 Å². The zero-order valence-electron chi connectivity index (χ0n) is 16.1. The van der Waals surface area contributed by atoms with E-state index < -0.39 is 0 Å². The molecule has 2 aliphatic rings. The van der Waals surface area contributed by atoms with Crippen LogP contribution in [0.5, 0.6) is 0 Å². The van der Waals surface area contributed by atoms with Crippen LogP contribution >= 0.6 is 11.8 Å². The lowest BCUT2D eigenvalue weighted by molar-refractivity contribution is 0.188. The fourth-order valence-electron chi connectivity index (χ4n) is 5.24. The number of benzene rings is 1. The maximum atomic E-state index is 13.3. The standard InChI is InChI=1S/C23H28N2OS/c1-3-14-27-22-24-20-18-13-9-8-10-16(18)15-23(4-2,19(20)21(26)25-22)17-11-6-5-7-12-17/h3,8-10,13,17H,1,4-7,11-12,14-15H2,2H3,(H,24,25,26). The lowest BCUT2D eigenvalue weighted by Crippen LogP contribution is -2.45. The van der Waals surface area contributed by atoms with Crippen LogP contribution in [-0.4, -0.2) is 15.7 Å². The van der Waals surface area contributed by atoms with Gasteiger partial charge in [-0.1, -0.05) is 68.3 Å². The summed E-state index contributed by atoms with van der Waals surface area (Å²) in [4.78, 5) is 21.4. The molecule has 1 heterocycles. The Hall–Kier alpha value is -1.81. The second kappa shape index (κ2) is 7.67.